The van der Waals surface area contributed by atoms with Crippen LogP contribution in [-0.4, -0.2) is 6.21 Å². The number of hydrogen-bond donors (Lipinski definition) is 1. The Kier molecular flexibility index (Phi) is 3.80. The van der Waals surface area contributed by atoms with E-state index >= 15 is 0 Å². The van der Waals surface area contributed by atoms with E-state index in [-0.39, 0.29) is 5.16 Å². The molecule has 0 saturated carbocycles. The zero-order valence-corrected chi connectivity index (χ0v) is 6.02. The predicted molar refractivity (Wildman–Crippen MR) is 41.4 cm³/mol. The number of aliphatic imine (C=N–C) groups is 1. The Bertz CT molecular complexity index is 154. The Hall–Kier alpha value is -0.760. The van der Waals surface area contributed by atoms with Crippen molar-refractivity contribution in [1.29, 1.82) is 0 Å². The van der Waals surface area contributed by atoms with Crippen LogP contribution in [-0.2, 0) is 0 Å². The Labute approximate surface area is 59.7 Å². The highest BCUT2D eigenvalue weighted by atomic mass is 35.5. The van der Waals surface area contributed by atoms with Crippen LogP contribution in [0.25, 0.3) is 0 Å². The summed E-state index contributed by atoms with van der Waals surface area (Å²) in [6, 6.07) is 0. The highest BCUT2D eigenvalue weighted by Gasteiger charge is 1.74. The molecular weight excluding hydrogens is 136 g/mol. The molecule has 0 amide bonds. The molecule has 0 spiro atoms. The Balaban J connectivity index is 3.74. The Morgan fingerprint density at radius 1 is 1.78 bits per heavy atom. The molecule has 3 heteroatoms. The van der Waals surface area contributed by atoms with Crippen LogP contribution < -0.4 is 5.73 Å². The summed E-state index contributed by atoms with van der Waals surface area (Å²) in [5.41, 5.74) is 5.97. The van der Waals surface area contributed by atoms with Crippen LogP contribution in [0.2, 0.25) is 0 Å². The third-order valence-corrected chi connectivity index (χ3v) is 0.650. The molecule has 0 unspecified atom stereocenters. The first kappa shape index (κ1) is 8.24. The Morgan fingerprint density at radius 2 is 2.33 bits per heavy atom. The summed E-state index contributed by atoms with van der Waals surface area (Å²) >= 11 is 5.30. The van der Waals surface area contributed by atoms with E-state index < -0.39 is 0 Å². The fourth-order valence-electron chi connectivity index (χ4n) is 0.236. The first-order valence-electron chi connectivity index (χ1n) is 2.44. The van der Waals surface area contributed by atoms with Crippen LogP contribution in [0.4, 0.5) is 0 Å². The van der Waals surface area contributed by atoms with Gasteiger partial charge < -0.3 is 5.73 Å². The molecule has 0 aliphatic heterocycles. The standard InChI is InChI=1S/C6H9ClN2/c1-5(8)3-4-9-6(2)7/h3-4H,2,8H2,1H3/b5-3-,9-4-. The van der Waals surface area contributed by atoms with E-state index in [1.807, 2.05) is 0 Å². The second-order valence-corrected chi connectivity index (χ2v) is 2.00. The largest absolute Gasteiger partial charge is 0.402 e. The van der Waals surface area contributed by atoms with E-state index in [2.05, 4.69) is 11.6 Å². The van der Waals surface area contributed by atoms with Gasteiger partial charge in [-0.25, -0.2) is 4.99 Å². The number of nitrogens with zero attached hydrogens (tertiary/aromatic N) is 1. The molecule has 0 aromatic rings. The average molecular weight is 145 g/mol. The van der Waals surface area contributed by atoms with Gasteiger partial charge in [-0.3, -0.25) is 0 Å². The predicted octanol–water partition coefficient (Wildman–Crippen LogP) is 1.63. The zero-order chi connectivity index (χ0) is 7.28. The molecule has 0 bridgehead atoms. The summed E-state index contributed by atoms with van der Waals surface area (Å²) in [4.78, 5) is 3.65. The fourth-order valence-corrected chi connectivity index (χ4v) is 0.292. The van der Waals surface area contributed by atoms with Gasteiger partial charge in [-0.2, -0.15) is 0 Å². The van der Waals surface area contributed by atoms with Gasteiger partial charge in [0.15, 0.2) is 0 Å². The van der Waals surface area contributed by atoms with Crippen LogP contribution in [0.1, 0.15) is 6.92 Å². The van der Waals surface area contributed by atoms with Crippen LogP contribution in [0.5, 0.6) is 0 Å². The molecule has 2 N–H and O–H groups in total. The van der Waals surface area contributed by atoms with E-state index in [9.17, 15) is 0 Å². The van der Waals surface area contributed by atoms with Gasteiger partial charge in [0, 0.05) is 11.9 Å². The van der Waals surface area contributed by atoms with Gasteiger partial charge in [0.2, 0.25) is 0 Å². The lowest BCUT2D eigenvalue weighted by Crippen LogP contribution is -1.89. The van der Waals surface area contributed by atoms with Gasteiger partial charge in [-0.1, -0.05) is 18.2 Å². The van der Waals surface area contributed by atoms with E-state index in [0.717, 1.165) is 0 Å². The smallest absolute Gasteiger partial charge is 0.121 e. The maximum atomic E-state index is 5.30. The highest BCUT2D eigenvalue weighted by molar-refractivity contribution is 6.29. The van der Waals surface area contributed by atoms with Gasteiger partial charge in [0.05, 0.1) is 0 Å². The lowest BCUT2D eigenvalue weighted by molar-refractivity contribution is 1.33. The molecule has 9 heavy (non-hydrogen) atoms. The van der Waals surface area contributed by atoms with Crippen LogP contribution in [0, 0.1) is 0 Å². The molecule has 0 atom stereocenters. The molecule has 0 aliphatic rings. The van der Waals surface area contributed by atoms with Crippen molar-refractivity contribution in [2.75, 3.05) is 0 Å². The molecule has 50 valence electrons. The van der Waals surface area contributed by atoms with Crippen molar-refractivity contribution in [3.05, 3.63) is 23.5 Å². The van der Waals surface area contributed by atoms with Crippen molar-refractivity contribution in [3.8, 4) is 0 Å². The monoisotopic (exact) mass is 144 g/mol. The number of hydrogen-bond acceptors (Lipinski definition) is 2. The minimum atomic E-state index is 0.257. The number of rotatable bonds is 2. The molecular formula is C6H9ClN2. The van der Waals surface area contributed by atoms with E-state index in [1.165, 1.54) is 6.21 Å². The van der Waals surface area contributed by atoms with Gasteiger partial charge >= 0.3 is 0 Å². The van der Waals surface area contributed by atoms with Gasteiger partial charge in [-0.15, -0.1) is 0 Å². The van der Waals surface area contributed by atoms with Crippen LogP contribution >= 0.6 is 11.6 Å². The third kappa shape index (κ3) is 7.24. The molecule has 0 aliphatic carbocycles. The lowest BCUT2D eigenvalue weighted by Gasteiger charge is -1.82. The number of halogens is 1. The fraction of sp³-hybridized carbons (Fsp3) is 0.167. The SMILES string of the molecule is C=C(Cl)/N=C\C=C(\C)N. The quantitative estimate of drug-likeness (QED) is 0.464. The molecule has 0 fully saturated rings. The topological polar surface area (TPSA) is 38.4 Å². The molecule has 0 rings (SSSR count). The van der Waals surface area contributed by atoms with Crippen molar-refractivity contribution in [3.63, 3.8) is 0 Å². The lowest BCUT2D eigenvalue weighted by atomic mass is 10.5. The highest BCUT2D eigenvalue weighted by Crippen LogP contribution is 1.95. The summed E-state index contributed by atoms with van der Waals surface area (Å²) in [6.45, 7) is 5.12. The van der Waals surface area contributed by atoms with Crippen molar-refractivity contribution < 1.29 is 0 Å². The van der Waals surface area contributed by atoms with Crippen molar-refractivity contribution in [2.24, 2.45) is 10.7 Å². The second-order valence-electron chi connectivity index (χ2n) is 1.57. The molecule has 0 aromatic heterocycles. The van der Waals surface area contributed by atoms with Crippen molar-refractivity contribution in [1.82, 2.24) is 0 Å². The normalized spacial score (nSPS) is 12.4. The maximum Gasteiger partial charge on any atom is 0.121 e. The van der Waals surface area contributed by atoms with Crippen LogP contribution in [0.15, 0.2) is 28.5 Å². The molecule has 2 nitrogen and oxygen atoms in total. The number of nitrogens with two attached hydrogens (primary N) is 1. The van der Waals surface area contributed by atoms with E-state index in [0.29, 0.717) is 5.70 Å². The molecule has 0 radical (unpaired) electrons. The minimum absolute atomic E-state index is 0.257. The second kappa shape index (κ2) is 4.15. The minimum Gasteiger partial charge on any atom is -0.402 e. The summed E-state index contributed by atoms with van der Waals surface area (Å²) in [7, 11) is 0. The zero-order valence-electron chi connectivity index (χ0n) is 5.26. The van der Waals surface area contributed by atoms with Crippen LogP contribution in [0.3, 0.4) is 0 Å². The molecule has 0 saturated heterocycles. The average Bonchev–Trinajstić information content (AvgIpc) is 1.63. The van der Waals surface area contributed by atoms with Gasteiger partial charge in [-0.05, 0) is 13.0 Å². The summed E-state index contributed by atoms with van der Waals surface area (Å²) < 4.78 is 0. The first-order valence-corrected chi connectivity index (χ1v) is 2.81. The number of allylic oxidation sites excluding steroid dienone is 2. The summed E-state index contributed by atoms with van der Waals surface area (Å²) in [5, 5.41) is 0.257. The first-order chi connectivity index (χ1) is 4.13. The maximum absolute atomic E-state index is 5.30. The van der Waals surface area contributed by atoms with Gasteiger partial charge in [0.25, 0.3) is 0 Å². The summed E-state index contributed by atoms with van der Waals surface area (Å²) in [6.07, 6.45) is 3.15. The van der Waals surface area contributed by atoms with Crippen molar-refractivity contribution >= 4 is 17.8 Å². The van der Waals surface area contributed by atoms with Gasteiger partial charge in [0.1, 0.15) is 5.16 Å². The third-order valence-electron chi connectivity index (χ3n) is 0.552. The van der Waals surface area contributed by atoms with E-state index in [1.54, 1.807) is 13.0 Å². The summed E-state index contributed by atoms with van der Waals surface area (Å²) in [5.74, 6) is 0. The molecule has 0 heterocycles. The van der Waals surface area contributed by atoms with Crippen molar-refractivity contribution in [2.45, 2.75) is 6.92 Å². The molecule has 0 aromatic carbocycles. The van der Waals surface area contributed by atoms with E-state index in [4.69, 9.17) is 17.3 Å². The Morgan fingerprint density at radius 3 is 2.67 bits per heavy atom.